The standard InChI is InChI=1S/C18H16F3N5O3/c1-11(29-26-17-15(24-25-26)4-3-7-22-17)8-16(27)23-10-12-5-6-13(28-2)9-14(12)18(19,20)21/h3-9H,10H2,1-2H3,(H,23,27)/b11-8-. The average molecular weight is 407 g/mol. The third-order valence-corrected chi connectivity index (χ3v) is 3.82. The number of halogens is 3. The molecule has 0 unspecified atom stereocenters. The summed E-state index contributed by atoms with van der Waals surface area (Å²) in [4.78, 5) is 22.6. The Hall–Kier alpha value is -3.63. The molecular weight excluding hydrogens is 391 g/mol. The Balaban J connectivity index is 1.68. The maximum Gasteiger partial charge on any atom is 0.416 e. The number of aromatic nitrogens is 4. The number of carbonyl (C=O) groups excluding carboxylic acids is 1. The van der Waals surface area contributed by atoms with E-state index in [0.717, 1.165) is 17.0 Å². The molecule has 8 nitrogen and oxygen atoms in total. The Labute approximate surface area is 162 Å². The number of benzene rings is 1. The van der Waals surface area contributed by atoms with E-state index < -0.39 is 17.6 Å². The molecule has 0 atom stereocenters. The Bertz CT molecular complexity index is 1060. The van der Waals surface area contributed by atoms with Crippen LogP contribution >= 0.6 is 0 Å². The van der Waals surface area contributed by atoms with Crippen molar-refractivity contribution >= 4 is 17.1 Å². The van der Waals surface area contributed by atoms with Gasteiger partial charge >= 0.3 is 6.18 Å². The molecule has 0 bridgehead atoms. The van der Waals surface area contributed by atoms with E-state index in [0.29, 0.717) is 11.2 Å². The smallest absolute Gasteiger partial charge is 0.416 e. The third-order valence-electron chi connectivity index (χ3n) is 3.82. The number of hydrogen-bond donors (Lipinski definition) is 1. The van der Waals surface area contributed by atoms with E-state index >= 15 is 0 Å². The fourth-order valence-corrected chi connectivity index (χ4v) is 2.49. The summed E-state index contributed by atoms with van der Waals surface area (Å²) in [6.45, 7) is 1.17. The van der Waals surface area contributed by atoms with Crippen molar-refractivity contribution in [2.45, 2.75) is 19.6 Å². The summed E-state index contributed by atoms with van der Waals surface area (Å²) in [5.74, 6) is -0.417. The molecule has 0 spiro atoms. The second-order valence-electron chi connectivity index (χ2n) is 5.89. The van der Waals surface area contributed by atoms with Crippen LogP contribution in [0.1, 0.15) is 18.1 Å². The predicted molar refractivity (Wildman–Crippen MR) is 95.5 cm³/mol. The zero-order valence-electron chi connectivity index (χ0n) is 15.4. The van der Waals surface area contributed by atoms with Crippen LogP contribution in [0, 0.1) is 0 Å². The zero-order chi connectivity index (χ0) is 21.0. The summed E-state index contributed by atoms with van der Waals surface area (Å²) in [5.41, 5.74) is -0.114. The second-order valence-corrected chi connectivity index (χ2v) is 5.89. The second kappa shape index (κ2) is 8.17. The third kappa shape index (κ3) is 4.81. The fourth-order valence-electron chi connectivity index (χ4n) is 2.49. The first-order valence-electron chi connectivity index (χ1n) is 8.33. The Kier molecular flexibility index (Phi) is 5.66. The number of pyridine rings is 1. The van der Waals surface area contributed by atoms with Crippen molar-refractivity contribution in [1.82, 2.24) is 25.5 Å². The van der Waals surface area contributed by atoms with E-state index in [4.69, 9.17) is 9.57 Å². The monoisotopic (exact) mass is 407 g/mol. The van der Waals surface area contributed by atoms with Crippen LogP contribution in [0.25, 0.3) is 11.2 Å². The molecule has 0 aliphatic carbocycles. The molecule has 0 radical (unpaired) electrons. The number of fused-ring (bicyclic) bond motifs is 1. The van der Waals surface area contributed by atoms with Crippen LogP contribution in [0.2, 0.25) is 0 Å². The van der Waals surface area contributed by atoms with E-state index in [-0.39, 0.29) is 23.6 Å². The number of alkyl halides is 3. The van der Waals surface area contributed by atoms with Crippen molar-refractivity contribution in [3.63, 3.8) is 0 Å². The first-order chi connectivity index (χ1) is 13.8. The molecule has 0 saturated carbocycles. The van der Waals surface area contributed by atoms with Gasteiger partial charge in [0, 0.05) is 18.8 Å². The SMILES string of the molecule is COc1ccc(CNC(=O)/C=C(/C)On2nnc3cccnc32)c(C(F)(F)F)c1. The van der Waals surface area contributed by atoms with Gasteiger partial charge in [-0.1, -0.05) is 10.9 Å². The predicted octanol–water partition coefficient (Wildman–Crippen LogP) is 2.50. The van der Waals surface area contributed by atoms with Crippen molar-refractivity contribution in [3.8, 4) is 5.75 Å². The largest absolute Gasteiger partial charge is 0.497 e. The van der Waals surface area contributed by atoms with E-state index in [1.54, 1.807) is 12.1 Å². The summed E-state index contributed by atoms with van der Waals surface area (Å²) in [7, 11) is 1.28. The molecule has 0 aliphatic heterocycles. The Morgan fingerprint density at radius 1 is 1.31 bits per heavy atom. The number of nitrogens with zero attached hydrogens (tertiary/aromatic N) is 4. The van der Waals surface area contributed by atoms with Crippen molar-refractivity contribution in [2.24, 2.45) is 0 Å². The number of rotatable bonds is 6. The number of nitrogens with one attached hydrogen (secondary N) is 1. The fraction of sp³-hybridized carbons (Fsp3) is 0.222. The van der Waals surface area contributed by atoms with E-state index in [9.17, 15) is 18.0 Å². The zero-order valence-corrected chi connectivity index (χ0v) is 15.4. The van der Waals surface area contributed by atoms with Crippen molar-refractivity contribution in [2.75, 3.05) is 7.11 Å². The molecule has 1 N–H and O–H groups in total. The lowest BCUT2D eigenvalue weighted by atomic mass is 10.1. The van der Waals surface area contributed by atoms with Gasteiger partial charge in [0.1, 0.15) is 17.0 Å². The average Bonchev–Trinajstić information content (AvgIpc) is 3.08. The summed E-state index contributed by atoms with van der Waals surface area (Å²) < 4.78 is 44.5. The van der Waals surface area contributed by atoms with Gasteiger partial charge in [-0.2, -0.15) is 13.2 Å². The normalized spacial score (nSPS) is 12.1. The van der Waals surface area contributed by atoms with Crippen LogP contribution in [0.15, 0.2) is 48.4 Å². The molecule has 0 fully saturated rings. The molecule has 2 aromatic heterocycles. The van der Waals surface area contributed by atoms with Crippen molar-refractivity contribution in [1.29, 1.82) is 0 Å². The number of carbonyl (C=O) groups is 1. The summed E-state index contributed by atoms with van der Waals surface area (Å²) in [6, 6.07) is 6.90. The highest BCUT2D eigenvalue weighted by Gasteiger charge is 2.33. The molecule has 29 heavy (non-hydrogen) atoms. The van der Waals surface area contributed by atoms with Crippen LogP contribution in [0.5, 0.6) is 5.75 Å². The number of allylic oxidation sites excluding steroid dienone is 1. The lowest BCUT2D eigenvalue weighted by Crippen LogP contribution is -2.24. The number of methoxy groups -OCH3 is 1. The van der Waals surface area contributed by atoms with Gasteiger partial charge in [-0.25, -0.2) is 4.98 Å². The minimum atomic E-state index is -4.58. The highest BCUT2D eigenvalue weighted by molar-refractivity contribution is 5.87. The highest BCUT2D eigenvalue weighted by atomic mass is 19.4. The Morgan fingerprint density at radius 2 is 2.10 bits per heavy atom. The van der Waals surface area contributed by atoms with E-state index in [1.165, 1.54) is 32.4 Å². The van der Waals surface area contributed by atoms with Crippen LogP contribution < -0.4 is 14.9 Å². The van der Waals surface area contributed by atoms with Crippen LogP contribution in [0.3, 0.4) is 0 Å². The maximum absolute atomic E-state index is 13.2. The van der Waals surface area contributed by atoms with Crippen molar-refractivity contribution in [3.05, 3.63) is 59.5 Å². The molecule has 152 valence electrons. The molecular formula is C18H16F3N5O3. The van der Waals surface area contributed by atoms with E-state index in [1.807, 2.05) is 0 Å². The molecule has 2 heterocycles. The molecule has 0 aliphatic rings. The topological polar surface area (TPSA) is 91.2 Å². The van der Waals surface area contributed by atoms with Gasteiger partial charge in [0.2, 0.25) is 11.6 Å². The van der Waals surface area contributed by atoms with Gasteiger partial charge in [-0.05, 0) is 42.0 Å². The number of ether oxygens (including phenoxy) is 1. The molecule has 1 aromatic carbocycles. The molecule has 3 aromatic rings. The van der Waals surface area contributed by atoms with Gasteiger partial charge < -0.3 is 14.9 Å². The molecule has 1 amide bonds. The molecule has 3 rings (SSSR count). The van der Waals surface area contributed by atoms with Gasteiger partial charge in [0.15, 0.2) is 0 Å². The van der Waals surface area contributed by atoms with Gasteiger partial charge in [0.25, 0.3) is 0 Å². The quantitative estimate of drug-likeness (QED) is 0.499. The van der Waals surface area contributed by atoms with Crippen LogP contribution in [-0.4, -0.2) is 33.2 Å². The lowest BCUT2D eigenvalue weighted by Gasteiger charge is -2.14. The van der Waals surface area contributed by atoms with Gasteiger partial charge in [0.05, 0.1) is 12.7 Å². The minimum Gasteiger partial charge on any atom is -0.497 e. The lowest BCUT2D eigenvalue weighted by molar-refractivity contribution is -0.138. The van der Waals surface area contributed by atoms with Crippen LogP contribution in [0.4, 0.5) is 13.2 Å². The summed E-state index contributed by atoms with van der Waals surface area (Å²) >= 11 is 0. The van der Waals surface area contributed by atoms with Crippen molar-refractivity contribution < 1.29 is 27.5 Å². The van der Waals surface area contributed by atoms with Gasteiger partial charge in [-0.3, -0.25) is 4.79 Å². The first-order valence-corrected chi connectivity index (χ1v) is 8.33. The van der Waals surface area contributed by atoms with Gasteiger partial charge in [-0.15, -0.1) is 5.10 Å². The first kappa shape index (κ1) is 20.1. The summed E-state index contributed by atoms with van der Waals surface area (Å²) in [6.07, 6.45) is -1.96. The Morgan fingerprint density at radius 3 is 2.83 bits per heavy atom. The number of amides is 1. The van der Waals surface area contributed by atoms with Crippen LogP contribution in [-0.2, 0) is 17.5 Å². The maximum atomic E-state index is 13.2. The molecule has 11 heteroatoms. The summed E-state index contributed by atoms with van der Waals surface area (Å²) in [5, 5.41) is 10.0. The minimum absolute atomic E-state index is 0.0743. The molecule has 0 saturated heterocycles. The number of hydrogen-bond acceptors (Lipinski definition) is 6. The van der Waals surface area contributed by atoms with E-state index in [2.05, 4.69) is 20.6 Å². The highest BCUT2D eigenvalue weighted by Crippen LogP contribution is 2.34.